The van der Waals surface area contributed by atoms with Gasteiger partial charge in [0.25, 0.3) is 0 Å². The first-order chi connectivity index (χ1) is 5.47. The summed E-state index contributed by atoms with van der Waals surface area (Å²) in [6, 6.07) is 6.15. The topological polar surface area (TPSA) is 12.9 Å². The lowest BCUT2D eigenvalue weighted by Crippen LogP contribution is -2.01. The zero-order valence-electron chi connectivity index (χ0n) is 6.53. The van der Waals surface area contributed by atoms with Gasteiger partial charge < -0.3 is 0 Å². The minimum atomic E-state index is 0.635. The summed E-state index contributed by atoms with van der Waals surface area (Å²) < 4.78 is 0. The smallest absolute Gasteiger partial charge is 0.121 e. The normalized spacial score (nSPS) is 23.1. The van der Waals surface area contributed by atoms with E-state index in [1.54, 1.807) is 0 Å². The zero-order chi connectivity index (χ0) is 7.52. The highest BCUT2D eigenvalue weighted by molar-refractivity contribution is 6.38. The Morgan fingerprint density at radius 2 is 2.45 bits per heavy atom. The van der Waals surface area contributed by atoms with Gasteiger partial charge in [-0.3, -0.25) is 4.98 Å². The molecule has 2 heterocycles. The summed E-state index contributed by atoms with van der Waals surface area (Å²) in [6.45, 7) is 0. The second-order valence-electron chi connectivity index (χ2n) is 3.03. The van der Waals surface area contributed by atoms with Crippen molar-refractivity contribution in [2.75, 3.05) is 0 Å². The highest BCUT2D eigenvalue weighted by atomic mass is 14.7. The van der Waals surface area contributed by atoms with Crippen LogP contribution in [0.1, 0.15) is 24.4 Å². The first-order valence-electron chi connectivity index (χ1n) is 4.21. The van der Waals surface area contributed by atoms with Gasteiger partial charge in [-0.05, 0) is 17.9 Å². The van der Waals surface area contributed by atoms with E-state index in [-0.39, 0.29) is 0 Å². The molecule has 1 aliphatic rings. The minimum absolute atomic E-state index is 0.635. The van der Waals surface area contributed by atoms with Gasteiger partial charge in [-0.25, -0.2) is 0 Å². The van der Waals surface area contributed by atoms with Crippen LogP contribution in [0.25, 0.3) is 0 Å². The molecule has 1 aromatic heterocycles. The summed E-state index contributed by atoms with van der Waals surface area (Å²) in [4.78, 5) is 4.33. The molecule has 1 unspecified atom stereocenters. The van der Waals surface area contributed by atoms with E-state index in [0.717, 1.165) is 0 Å². The van der Waals surface area contributed by atoms with Crippen LogP contribution in [-0.4, -0.2) is 12.3 Å². The number of rotatable bonds is 1. The lowest BCUT2D eigenvalue weighted by molar-refractivity contribution is 0.799. The van der Waals surface area contributed by atoms with Crippen molar-refractivity contribution in [2.24, 2.45) is 0 Å². The fraction of sp³-hybridized carbons (Fsp3) is 0.444. The van der Waals surface area contributed by atoms with Crippen molar-refractivity contribution in [3.63, 3.8) is 0 Å². The van der Waals surface area contributed by atoms with Crippen LogP contribution in [0.5, 0.6) is 0 Å². The van der Waals surface area contributed by atoms with E-state index >= 15 is 0 Å². The largest absolute Gasteiger partial charge is 0.262 e. The fourth-order valence-corrected chi connectivity index (χ4v) is 1.64. The van der Waals surface area contributed by atoms with Crippen LogP contribution >= 0.6 is 0 Å². The molecule has 1 radical (unpaired) electrons. The average Bonchev–Trinajstić information content (AvgIpc) is 2.58. The molecule has 0 spiro atoms. The lowest BCUT2D eigenvalue weighted by atomic mass is 9.66. The summed E-state index contributed by atoms with van der Waals surface area (Å²) in [7, 11) is 2.38. The monoisotopic (exact) mass is 144 g/mol. The molecule has 1 atom stereocenters. The van der Waals surface area contributed by atoms with Crippen LogP contribution in [0, 0.1) is 0 Å². The summed E-state index contributed by atoms with van der Waals surface area (Å²) >= 11 is 0. The predicted octanol–water partition coefficient (Wildman–Crippen LogP) is 2.04. The van der Waals surface area contributed by atoms with Gasteiger partial charge in [-0.1, -0.05) is 25.2 Å². The minimum Gasteiger partial charge on any atom is -0.262 e. The fourth-order valence-electron chi connectivity index (χ4n) is 1.64. The van der Waals surface area contributed by atoms with Gasteiger partial charge in [0.1, 0.15) is 7.28 Å². The van der Waals surface area contributed by atoms with E-state index in [2.05, 4.69) is 24.4 Å². The molecule has 0 aliphatic carbocycles. The molecule has 1 aliphatic heterocycles. The molecular weight excluding hydrogens is 133 g/mol. The zero-order valence-corrected chi connectivity index (χ0v) is 6.53. The van der Waals surface area contributed by atoms with Gasteiger partial charge >= 0.3 is 0 Å². The Bertz CT molecular complexity index is 216. The SMILES string of the molecule is [B]1CCCC1c1ccccn1. The first kappa shape index (κ1) is 6.90. The van der Waals surface area contributed by atoms with E-state index < -0.39 is 0 Å². The van der Waals surface area contributed by atoms with E-state index in [1.807, 2.05) is 12.3 Å². The number of nitrogens with zero attached hydrogens (tertiary/aromatic N) is 1. The molecule has 2 heteroatoms. The molecule has 0 amide bonds. The lowest BCUT2D eigenvalue weighted by Gasteiger charge is -2.05. The van der Waals surface area contributed by atoms with E-state index in [9.17, 15) is 0 Å². The Morgan fingerprint density at radius 1 is 1.45 bits per heavy atom. The van der Waals surface area contributed by atoms with Crippen LogP contribution in [-0.2, 0) is 0 Å². The van der Waals surface area contributed by atoms with Crippen molar-refractivity contribution >= 4 is 7.28 Å². The number of hydrogen-bond donors (Lipinski definition) is 0. The second-order valence-corrected chi connectivity index (χ2v) is 3.03. The van der Waals surface area contributed by atoms with Gasteiger partial charge in [0.2, 0.25) is 0 Å². The van der Waals surface area contributed by atoms with Crippen LogP contribution in [0.4, 0.5) is 0 Å². The van der Waals surface area contributed by atoms with Crippen LogP contribution in [0.15, 0.2) is 24.4 Å². The quantitative estimate of drug-likeness (QED) is 0.549. The van der Waals surface area contributed by atoms with E-state index in [1.165, 1.54) is 24.9 Å². The summed E-state index contributed by atoms with van der Waals surface area (Å²) in [5.74, 6) is 0.635. The predicted molar refractivity (Wildman–Crippen MR) is 46.8 cm³/mol. The third kappa shape index (κ3) is 1.45. The third-order valence-corrected chi connectivity index (χ3v) is 2.24. The standard InChI is InChI=1S/C9H11BN/c1-2-7-11-9(5-1)8-4-3-6-10-8/h1-2,5,7-8H,3-4,6H2. The van der Waals surface area contributed by atoms with Gasteiger partial charge in [0, 0.05) is 11.9 Å². The van der Waals surface area contributed by atoms with E-state index in [4.69, 9.17) is 0 Å². The van der Waals surface area contributed by atoms with Gasteiger partial charge in [0.15, 0.2) is 0 Å². The van der Waals surface area contributed by atoms with Crippen LogP contribution in [0.2, 0.25) is 6.32 Å². The number of pyridine rings is 1. The maximum atomic E-state index is 4.33. The maximum absolute atomic E-state index is 4.33. The molecule has 0 bridgehead atoms. The first-order valence-corrected chi connectivity index (χ1v) is 4.21. The van der Waals surface area contributed by atoms with Gasteiger partial charge in [-0.15, -0.1) is 0 Å². The summed E-state index contributed by atoms with van der Waals surface area (Å²) in [6.07, 6.45) is 5.76. The Morgan fingerprint density at radius 3 is 3.09 bits per heavy atom. The number of hydrogen-bond acceptors (Lipinski definition) is 1. The molecule has 0 N–H and O–H groups in total. The Balaban J connectivity index is 2.16. The van der Waals surface area contributed by atoms with Crippen molar-refractivity contribution in [1.82, 2.24) is 4.98 Å². The third-order valence-electron chi connectivity index (χ3n) is 2.24. The van der Waals surface area contributed by atoms with Crippen molar-refractivity contribution in [3.05, 3.63) is 30.1 Å². The molecule has 1 fully saturated rings. The molecule has 2 rings (SSSR count). The molecule has 1 saturated heterocycles. The molecule has 0 saturated carbocycles. The molecule has 1 nitrogen and oxygen atoms in total. The Hall–Kier alpha value is -0.785. The van der Waals surface area contributed by atoms with Crippen molar-refractivity contribution in [1.29, 1.82) is 0 Å². The molecule has 0 aromatic carbocycles. The second kappa shape index (κ2) is 3.08. The average molecular weight is 144 g/mol. The molecule has 11 heavy (non-hydrogen) atoms. The molecule has 55 valence electrons. The van der Waals surface area contributed by atoms with Crippen molar-refractivity contribution in [2.45, 2.75) is 25.0 Å². The van der Waals surface area contributed by atoms with Crippen molar-refractivity contribution < 1.29 is 0 Å². The van der Waals surface area contributed by atoms with Crippen LogP contribution < -0.4 is 0 Å². The summed E-state index contributed by atoms with van der Waals surface area (Å²) in [5.41, 5.74) is 1.24. The Labute approximate surface area is 68.1 Å². The van der Waals surface area contributed by atoms with Crippen LogP contribution in [0.3, 0.4) is 0 Å². The highest BCUT2D eigenvalue weighted by Crippen LogP contribution is 2.26. The highest BCUT2D eigenvalue weighted by Gasteiger charge is 2.18. The number of aromatic nitrogens is 1. The maximum Gasteiger partial charge on any atom is 0.121 e. The Kier molecular flexibility index (Phi) is 1.93. The van der Waals surface area contributed by atoms with Gasteiger partial charge in [-0.2, -0.15) is 0 Å². The molecular formula is C9H11BN. The van der Waals surface area contributed by atoms with E-state index in [0.29, 0.717) is 5.82 Å². The summed E-state index contributed by atoms with van der Waals surface area (Å²) in [5, 5.41) is 0. The molecule has 1 aromatic rings. The van der Waals surface area contributed by atoms with Crippen molar-refractivity contribution in [3.8, 4) is 0 Å². The van der Waals surface area contributed by atoms with Gasteiger partial charge in [0.05, 0.1) is 0 Å².